The Balaban J connectivity index is 1.30. The van der Waals surface area contributed by atoms with Crippen LogP contribution in [0.3, 0.4) is 0 Å². The van der Waals surface area contributed by atoms with Crippen LogP contribution in [0.4, 0.5) is 5.82 Å². The van der Waals surface area contributed by atoms with E-state index in [4.69, 9.17) is 5.73 Å². The van der Waals surface area contributed by atoms with Crippen LogP contribution in [0.25, 0.3) is 21.9 Å². The molecule has 1 saturated carbocycles. The van der Waals surface area contributed by atoms with E-state index in [1.807, 2.05) is 29.1 Å². The van der Waals surface area contributed by atoms with Gasteiger partial charge in [0.25, 0.3) is 0 Å². The Bertz CT molecular complexity index is 1190. The minimum atomic E-state index is -0.832. The highest BCUT2D eigenvalue weighted by Crippen LogP contribution is 2.39. The number of aliphatic hydroxyl groups excluding tert-OH is 2. The molecule has 0 spiro atoms. The largest absolute Gasteiger partial charge is 0.390 e. The first kappa shape index (κ1) is 19.0. The summed E-state index contributed by atoms with van der Waals surface area (Å²) in [6.45, 7) is 0. The minimum absolute atomic E-state index is 0.0320. The molecule has 7 nitrogen and oxygen atoms in total. The number of nitrogen functional groups attached to an aromatic ring is 1. The van der Waals surface area contributed by atoms with Crippen LogP contribution in [0.1, 0.15) is 30.9 Å². The maximum atomic E-state index is 10.7. The van der Waals surface area contributed by atoms with Crippen LogP contribution >= 0.6 is 0 Å². The summed E-state index contributed by atoms with van der Waals surface area (Å²) in [5, 5.41) is 23.3. The van der Waals surface area contributed by atoms with Crippen molar-refractivity contribution in [3.05, 3.63) is 60.7 Å². The SMILES string of the molecule is Nc1ncnc2c1ccn2[C@@H]1C[C@H](CCCc2cccc3cccnc23)[C@@H](O)[C@H]1O. The molecule has 0 bridgehead atoms. The first-order valence-electron chi connectivity index (χ1n) is 10.4. The lowest BCUT2D eigenvalue weighted by molar-refractivity contribution is 0.00511. The molecule has 154 valence electrons. The monoisotopic (exact) mass is 403 g/mol. The van der Waals surface area contributed by atoms with Gasteiger partial charge in [-0.05, 0) is 49.3 Å². The zero-order chi connectivity index (χ0) is 20.7. The predicted octanol–water partition coefficient (Wildman–Crippen LogP) is 2.87. The Morgan fingerprint density at radius 1 is 1.03 bits per heavy atom. The van der Waals surface area contributed by atoms with Gasteiger partial charge in [0.05, 0.1) is 23.0 Å². The summed E-state index contributed by atoms with van der Waals surface area (Å²) in [5.41, 5.74) is 8.90. The maximum absolute atomic E-state index is 10.7. The Kier molecular flexibility index (Phi) is 4.84. The quantitative estimate of drug-likeness (QED) is 0.473. The zero-order valence-corrected chi connectivity index (χ0v) is 16.6. The number of nitrogens with two attached hydrogens (primary N) is 1. The van der Waals surface area contributed by atoms with Crippen LogP contribution in [-0.2, 0) is 6.42 Å². The average Bonchev–Trinajstić information content (AvgIpc) is 3.31. The van der Waals surface area contributed by atoms with Crippen molar-refractivity contribution in [1.29, 1.82) is 0 Å². The second-order valence-electron chi connectivity index (χ2n) is 8.15. The second kappa shape index (κ2) is 7.66. The Morgan fingerprint density at radius 3 is 2.80 bits per heavy atom. The van der Waals surface area contributed by atoms with Gasteiger partial charge in [0, 0.05) is 17.8 Å². The van der Waals surface area contributed by atoms with Crippen molar-refractivity contribution in [3.63, 3.8) is 0 Å². The summed E-state index contributed by atoms with van der Waals surface area (Å²) < 4.78 is 1.93. The zero-order valence-electron chi connectivity index (χ0n) is 16.6. The second-order valence-corrected chi connectivity index (χ2v) is 8.15. The van der Waals surface area contributed by atoms with Crippen LogP contribution in [0.2, 0.25) is 0 Å². The van der Waals surface area contributed by atoms with Crippen molar-refractivity contribution in [2.75, 3.05) is 5.73 Å². The molecular formula is C23H25N5O2. The molecule has 0 radical (unpaired) electrons. The molecule has 5 rings (SSSR count). The molecule has 4 N–H and O–H groups in total. The molecule has 7 heteroatoms. The topological polar surface area (TPSA) is 110 Å². The number of para-hydroxylation sites is 1. The standard InChI is InChI=1S/C23H25N5O2/c24-22-17-9-11-28(23(17)27-13-26-22)18-12-16(20(29)21(18)30)7-2-6-14-4-1-5-15-8-3-10-25-19(14)15/h1,3-5,8-11,13,16,18,20-21,29-30H,2,6-7,12H2,(H2,24,26,27)/t16-,18+,20+,21-/m0/s1. The predicted molar refractivity (Wildman–Crippen MR) is 116 cm³/mol. The molecule has 1 aromatic carbocycles. The minimum Gasteiger partial charge on any atom is -0.390 e. The third-order valence-electron chi connectivity index (χ3n) is 6.41. The van der Waals surface area contributed by atoms with Gasteiger partial charge in [0.1, 0.15) is 23.9 Å². The van der Waals surface area contributed by atoms with Crippen molar-refractivity contribution in [3.8, 4) is 0 Å². The summed E-state index contributed by atoms with van der Waals surface area (Å²) in [7, 11) is 0. The lowest BCUT2D eigenvalue weighted by Gasteiger charge is -2.19. The van der Waals surface area contributed by atoms with E-state index in [9.17, 15) is 10.2 Å². The summed E-state index contributed by atoms with van der Waals surface area (Å²) in [6, 6.07) is 11.9. The average molecular weight is 403 g/mol. The third-order valence-corrected chi connectivity index (χ3v) is 6.41. The van der Waals surface area contributed by atoms with E-state index in [1.165, 1.54) is 11.9 Å². The lowest BCUT2D eigenvalue weighted by Crippen LogP contribution is -2.29. The molecule has 30 heavy (non-hydrogen) atoms. The normalized spacial score (nSPS) is 24.1. The molecule has 4 atom stereocenters. The molecular weight excluding hydrogens is 378 g/mol. The molecule has 1 fully saturated rings. The number of aromatic nitrogens is 4. The first-order valence-corrected chi connectivity index (χ1v) is 10.4. The number of pyridine rings is 1. The van der Waals surface area contributed by atoms with E-state index >= 15 is 0 Å². The van der Waals surface area contributed by atoms with Crippen LogP contribution < -0.4 is 5.73 Å². The van der Waals surface area contributed by atoms with Gasteiger partial charge in [-0.15, -0.1) is 0 Å². The summed E-state index contributed by atoms with van der Waals surface area (Å²) in [4.78, 5) is 12.9. The van der Waals surface area contributed by atoms with Crippen molar-refractivity contribution in [2.24, 2.45) is 5.92 Å². The number of aliphatic hydroxyl groups is 2. The van der Waals surface area contributed by atoms with Gasteiger partial charge >= 0.3 is 0 Å². The molecule has 0 unspecified atom stereocenters. The van der Waals surface area contributed by atoms with Crippen LogP contribution in [-0.4, -0.2) is 41.9 Å². The number of aryl methyl sites for hydroxylation is 1. The van der Waals surface area contributed by atoms with Gasteiger partial charge in [-0.25, -0.2) is 9.97 Å². The van der Waals surface area contributed by atoms with Gasteiger partial charge in [-0.2, -0.15) is 0 Å². The Morgan fingerprint density at radius 2 is 1.90 bits per heavy atom. The van der Waals surface area contributed by atoms with Crippen LogP contribution in [0, 0.1) is 5.92 Å². The van der Waals surface area contributed by atoms with E-state index < -0.39 is 12.2 Å². The van der Waals surface area contributed by atoms with E-state index in [1.54, 1.807) is 0 Å². The van der Waals surface area contributed by atoms with Crippen molar-refractivity contribution < 1.29 is 10.2 Å². The molecule has 3 aromatic heterocycles. The summed E-state index contributed by atoms with van der Waals surface area (Å²) in [6.07, 6.45) is 6.91. The number of hydrogen-bond acceptors (Lipinski definition) is 6. The van der Waals surface area contributed by atoms with Gasteiger partial charge in [0.15, 0.2) is 0 Å². The maximum Gasteiger partial charge on any atom is 0.145 e. The van der Waals surface area contributed by atoms with Crippen LogP contribution in [0.15, 0.2) is 55.1 Å². The number of hydrogen-bond donors (Lipinski definition) is 3. The van der Waals surface area contributed by atoms with E-state index in [0.29, 0.717) is 17.9 Å². The van der Waals surface area contributed by atoms with Gasteiger partial charge in [-0.3, -0.25) is 4.98 Å². The Hall–Kier alpha value is -3.03. The number of fused-ring (bicyclic) bond motifs is 2. The van der Waals surface area contributed by atoms with Gasteiger partial charge in [0.2, 0.25) is 0 Å². The fraction of sp³-hybridized carbons (Fsp3) is 0.348. The van der Waals surface area contributed by atoms with E-state index in [-0.39, 0.29) is 12.0 Å². The molecule has 1 aliphatic rings. The highest BCUT2D eigenvalue weighted by molar-refractivity contribution is 5.86. The smallest absolute Gasteiger partial charge is 0.145 e. The highest BCUT2D eigenvalue weighted by atomic mass is 16.3. The number of rotatable bonds is 5. The van der Waals surface area contributed by atoms with Crippen molar-refractivity contribution >= 4 is 27.8 Å². The third kappa shape index (κ3) is 3.20. The van der Waals surface area contributed by atoms with Gasteiger partial charge in [-0.1, -0.05) is 24.3 Å². The van der Waals surface area contributed by atoms with Crippen molar-refractivity contribution in [2.45, 2.75) is 43.9 Å². The molecule has 0 aliphatic heterocycles. The first-order chi connectivity index (χ1) is 14.6. The molecule has 0 saturated heterocycles. The molecule has 1 aliphatic carbocycles. The molecule has 3 heterocycles. The van der Waals surface area contributed by atoms with E-state index in [0.717, 1.165) is 35.6 Å². The number of nitrogens with zero attached hydrogens (tertiary/aromatic N) is 4. The number of anilines is 1. The summed E-state index contributed by atoms with van der Waals surface area (Å²) in [5.74, 6) is 0.455. The van der Waals surface area contributed by atoms with Crippen molar-refractivity contribution in [1.82, 2.24) is 19.5 Å². The summed E-state index contributed by atoms with van der Waals surface area (Å²) >= 11 is 0. The van der Waals surface area contributed by atoms with Crippen LogP contribution in [0.5, 0.6) is 0 Å². The number of benzene rings is 1. The fourth-order valence-electron chi connectivity index (χ4n) is 4.84. The lowest BCUT2D eigenvalue weighted by atomic mass is 9.95. The molecule has 4 aromatic rings. The fourth-order valence-corrected chi connectivity index (χ4v) is 4.84. The highest BCUT2D eigenvalue weighted by Gasteiger charge is 2.42. The molecule has 0 amide bonds. The Labute approximate surface area is 174 Å². The van der Waals surface area contributed by atoms with Gasteiger partial charge < -0.3 is 20.5 Å². The van der Waals surface area contributed by atoms with E-state index in [2.05, 4.69) is 39.2 Å².